The summed E-state index contributed by atoms with van der Waals surface area (Å²) in [5, 5.41) is 1.25. The van der Waals surface area contributed by atoms with Gasteiger partial charge in [0.1, 0.15) is 11.4 Å². The van der Waals surface area contributed by atoms with E-state index in [1.807, 2.05) is 42.5 Å². The number of H-pyrrole nitrogens is 1. The highest BCUT2D eigenvalue weighted by Gasteiger charge is 2.24. The molecule has 1 N–H and O–H groups in total. The molecule has 2 aromatic heterocycles. The third-order valence-electron chi connectivity index (χ3n) is 4.89. The lowest BCUT2D eigenvalue weighted by Gasteiger charge is -2.09. The molecular formula is C22H20N2O4. The highest BCUT2D eigenvalue weighted by atomic mass is 16.5. The summed E-state index contributed by atoms with van der Waals surface area (Å²) in [6.45, 7) is 2.00. The van der Waals surface area contributed by atoms with Crippen molar-refractivity contribution in [1.82, 2.24) is 9.55 Å². The molecule has 4 rings (SSSR count). The van der Waals surface area contributed by atoms with Crippen molar-refractivity contribution in [2.45, 2.75) is 6.92 Å². The molecule has 0 unspecified atom stereocenters. The maximum absolute atomic E-state index is 13.2. The molecule has 0 bridgehead atoms. The summed E-state index contributed by atoms with van der Waals surface area (Å²) in [5.74, 6) is 0.177. The zero-order chi connectivity index (χ0) is 19.8. The van der Waals surface area contributed by atoms with Crippen LogP contribution in [0.5, 0.6) is 5.75 Å². The lowest BCUT2D eigenvalue weighted by Crippen LogP contribution is -2.17. The SMILES string of the molecule is CCOC(=O)c1[nH]c2c(c1-c1ccccc1)c(=O)n(C)c1ccc(OC)cc21. The minimum atomic E-state index is -0.490. The Labute approximate surface area is 161 Å². The van der Waals surface area contributed by atoms with Gasteiger partial charge >= 0.3 is 5.97 Å². The Kier molecular flexibility index (Phi) is 4.39. The Bertz CT molecular complexity index is 1250. The van der Waals surface area contributed by atoms with E-state index in [-0.39, 0.29) is 17.9 Å². The highest BCUT2D eigenvalue weighted by Crippen LogP contribution is 2.35. The largest absolute Gasteiger partial charge is 0.497 e. The number of hydrogen-bond donors (Lipinski definition) is 1. The molecular weight excluding hydrogens is 356 g/mol. The van der Waals surface area contributed by atoms with Gasteiger partial charge in [-0.3, -0.25) is 4.79 Å². The Morgan fingerprint density at radius 1 is 1.14 bits per heavy atom. The van der Waals surface area contributed by atoms with Gasteiger partial charge in [-0.15, -0.1) is 0 Å². The van der Waals surface area contributed by atoms with E-state index in [4.69, 9.17) is 9.47 Å². The standard InChI is InChI=1S/C22H20N2O4/c1-4-28-22(26)20-17(13-8-6-5-7-9-13)18-19(23-20)15-12-14(27-3)10-11-16(15)24(2)21(18)25/h5-12,23H,4H2,1-3H3. The highest BCUT2D eigenvalue weighted by molar-refractivity contribution is 6.15. The van der Waals surface area contributed by atoms with Gasteiger partial charge in [-0.2, -0.15) is 0 Å². The first-order chi connectivity index (χ1) is 13.6. The van der Waals surface area contributed by atoms with E-state index in [1.54, 1.807) is 31.7 Å². The van der Waals surface area contributed by atoms with E-state index in [0.29, 0.717) is 22.2 Å². The number of carbonyl (C=O) groups is 1. The van der Waals surface area contributed by atoms with Gasteiger partial charge in [0.2, 0.25) is 0 Å². The number of fused-ring (bicyclic) bond motifs is 3. The van der Waals surface area contributed by atoms with Crippen LogP contribution in [0.4, 0.5) is 0 Å². The molecule has 0 radical (unpaired) electrons. The molecule has 6 heteroatoms. The number of carbonyl (C=O) groups excluding carboxylic acids is 1. The summed E-state index contributed by atoms with van der Waals surface area (Å²) in [4.78, 5) is 29.1. The third kappa shape index (κ3) is 2.65. The van der Waals surface area contributed by atoms with Crippen LogP contribution in [0.3, 0.4) is 0 Å². The molecule has 0 amide bonds. The fraction of sp³-hybridized carbons (Fsp3) is 0.182. The number of methoxy groups -OCH3 is 1. The molecule has 2 heterocycles. The average molecular weight is 376 g/mol. The number of aryl methyl sites for hydroxylation is 1. The number of pyridine rings is 1. The lowest BCUT2D eigenvalue weighted by molar-refractivity contribution is 0.0521. The predicted molar refractivity (Wildman–Crippen MR) is 109 cm³/mol. The second-order valence-electron chi connectivity index (χ2n) is 6.46. The van der Waals surface area contributed by atoms with Crippen LogP contribution in [0, 0.1) is 0 Å². The molecule has 6 nitrogen and oxygen atoms in total. The molecule has 0 aliphatic heterocycles. The van der Waals surface area contributed by atoms with Crippen molar-refractivity contribution in [3.63, 3.8) is 0 Å². The normalized spacial score (nSPS) is 11.1. The number of hydrogen-bond acceptors (Lipinski definition) is 4. The van der Waals surface area contributed by atoms with Crippen LogP contribution in [0.15, 0.2) is 53.3 Å². The maximum Gasteiger partial charge on any atom is 0.355 e. The number of esters is 1. The second kappa shape index (κ2) is 6.88. The monoisotopic (exact) mass is 376 g/mol. The van der Waals surface area contributed by atoms with Crippen molar-refractivity contribution < 1.29 is 14.3 Å². The molecule has 4 aromatic rings. The zero-order valence-electron chi connectivity index (χ0n) is 15.9. The van der Waals surface area contributed by atoms with Crippen molar-refractivity contribution in [2.75, 3.05) is 13.7 Å². The molecule has 28 heavy (non-hydrogen) atoms. The molecule has 0 spiro atoms. The molecule has 0 atom stereocenters. The van der Waals surface area contributed by atoms with Crippen LogP contribution in [0.1, 0.15) is 17.4 Å². The third-order valence-corrected chi connectivity index (χ3v) is 4.89. The topological polar surface area (TPSA) is 73.3 Å². The predicted octanol–water partition coefficient (Wildman–Crippen LogP) is 3.87. The molecule has 0 saturated heterocycles. The average Bonchev–Trinajstić information content (AvgIpc) is 3.13. The van der Waals surface area contributed by atoms with Crippen molar-refractivity contribution in [3.8, 4) is 16.9 Å². The van der Waals surface area contributed by atoms with E-state index in [2.05, 4.69) is 4.98 Å². The summed E-state index contributed by atoms with van der Waals surface area (Å²) < 4.78 is 12.2. The second-order valence-corrected chi connectivity index (χ2v) is 6.46. The minimum Gasteiger partial charge on any atom is -0.497 e. The smallest absolute Gasteiger partial charge is 0.355 e. The molecule has 0 aliphatic carbocycles. The number of nitrogens with one attached hydrogen (secondary N) is 1. The van der Waals surface area contributed by atoms with Gasteiger partial charge in [0.25, 0.3) is 5.56 Å². The molecule has 142 valence electrons. The first-order valence-corrected chi connectivity index (χ1v) is 9.01. The van der Waals surface area contributed by atoms with Crippen molar-refractivity contribution >= 4 is 27.8 Å². The van der Waals surface area contributed by atoms with Crippen LogP contribution >= 0.6 is 0 Å². The molecule has 2 aromatic carbocycles. The van der Waals surface area contributed by atoms with Gasteiger partial charge in [-0.05, 0) is 30.7 Å². The summed E-state index contributed by atoms with van der Waals surface area (Å²) in [5.41, 5.74) is 2.76. The lowest BCUT2D eigenvalue weighted by atomic mass is 10.0. The Morgan fingerprint density at radius 2 is 1.89 bits per heavy atom. The number of aromatic amines is 1. The van der Waals surface area contributed by atoms with Gasteiger partial charge in [-0.25, -0.2) is 4.79 Å². The van der Waals surface area contributed by atoms with E-state index < -0.39 is 5.97 Å². The first kappa shape index (κ1) is 17.9. The van der Waals surface area contributed by atoms with E-state index >= 15 is 0 Å². The van der Waals surface area contributed by atoms with Crippen LogP contribution < -0.4 is 10.3 Å². The van der Waals surface area contributed by atoms with Crippen molar-refractivity contribution in [1.29, 1.82) is 0 Å². The summed E-state index contributed by atoms with van der Waals surface area (Å²) >= 11 is 0. The van der Waals surface area contributed by atoms with Gasteiger partial charge in [0.05, 0.1) is 30.1 Å². The van der Waals surface area contributed by atoms with E-state index in [0.717, 1.165) is 16.5 Å². The Morgan fingerprint density at radius 3 is 2.57 bits per heavy atom. The fourth-order valence-electron chi connectivity index (χ4n) is 3.58. The number of ether oxygens (including phenoxy) is 2. The van der Waals surface area contributed by atoms with Crippen molar-refractivity contribution in [2.24, 2.45) is 7.05 Å². The zero-order valence-corrected chi connectivity index (χ0v) is 15.9. The van der Waals surface area contributed by atoms with Gasteiger partial charge < -0.3 is 19.0 Å². The van der Waals surface area contributed by atoms with E-state index in [9.17, 15) is 9.59 Å². The summed E-state index contributed by atoms with van der Waals surface area (Å²) in [7, 11) is 3.32. The van der Waals surface area contributed by atoms with E-state index in [1.165, 1.54) is 0 Å². The van der Waals surface area contributed by atoms with Crippen LogP contribution in [-0.2, 0) is 11.8 Å². The first-order valence-electron chi connectivity index (χ1n) is 9.01. The van der Waals surface area contributed by atoms with Gasteiger partial charge in [-0.1, -0.05) is 30.3 Å². The number of nitrogens with zero attached hydrogens (tertiary/aromatic N) is 1. The van der Waals surface area contributed by atoms with Gasteiger partial charge in [0, 0.05) is 18.0 Å². The summed E-state index contributed by atoms with van der Waals surface area (Å²) in [6.07, 6.45) is 0. The maximum atomic E-state index is 13.2. The molecule has 0 fully saturated rings. The Hall–Kier alpha value is -3.54. The molecule has 0 aliphatic rings. The Balaban J connectivity index is 2.20. The van der Waals surface area contributed by atoms with Gasteiger partial charge in [0.15, 0.2) is 0 Å². The quantitative estimate of drug-likeness (QED) is 0.549. The summed E-state index contributed by atoms with van der Waals surface area (Å²) in [6, 6.07) is 14.9. The van der Waals surface area contributed by atoms with Crippen LogP contribution in [0.2, 0.25) is 0 Å². The molecule has 0 saturated carbocycles. The number of aromatic nitrogens is 2. The fourth-order valence-corrected chi connectivity index (χ4v) is 3.58. The van der Waals surface area contributed by atoms with Crippen LogP contribution in [-0.4, -0.2) is 29.2 Å². The number of benzene rings is 2. The number of rotatable bonds is 4. The van der Waals surface area contributed by atoms with Crippen molar-refractivity contribution in [3.05, 3.63) is 64.6 Å². The minimum absolute atomic E-state index is 0.182. The van der Waals surface area contributed by atoms with Crippen LogP contribution in [0.25, 0.3) is 32.9 Å².